The lowest BCUT2D eigenvalue weighted by Gasteiger charge is -2.37. The molecule has 2 aliphatic rings. The first-order valence-electron chi connectivity index (χ1n) is 12.5. The molecule has 2 heterocycles. The summed E-state index contributed by atoms with van der Waals surface area (Å²) in [4.78, 5) is 31.8. The number of carbonyl (C=O) groups excluding carboxylic acids is 2. The second-order valence-corrected chi connectivity index (χ2v) is 9.46. The minimum absolute atomic E-state index is 0.00692. The average Bonchev–Trinajstić information content (AvgIpc) is 2.89. The van der Waals surface area contributed by atoms with Gasteiger partial charge in [0.2, 0.25) is 11.8 Å². The molecule has 0 bridgehead atoms. The molecule has 186 valence electrons. The van der Waals surface area contributed by atoms with Gasteiger partial charge >= 0.3 is 0 Å². The van der Waals surface area contributed by atoms with Crippen molar-refractivity contribution < 1.29 is 14.0 Å². The normalized spacial score (nSPS) is 15.9. The molecule has 2 amide bonds. The summed E-state index contributed by atoms with van der Waals surface area (Å²) in [6, 6.07) is 20.0. The fraction of sp³-hybridized carbons (Fsp3) is 0.357. The minimum Gasteiger partial charge on any atom is -0.352 e. The number of anilines is 1. The van der Waals surface area contributed by atoms with E-state index in [0.717, 1.165) is 41.9 Å². The Hall–Kier alpha value is -3.81. The van der Waals surface area contributed by atoms with Crippen LogP contribution >= 0.6 is 0 Å². The zero-order valence-corrected chi connectivity index (χ0v) is 20.2. The molecule has 1 saturated carbocycles. The molecular formula is C28H30FN5O2. The molecule has 0 unspecified atom stereocenters. The van der Waals surface area contributed by atoms with Gasteiger partial charge in [0.25, 0.3) is 0 Å². The van der Waals surface area contributed by atoms with Gasteiger partial charge in [0.05, 0.1) is 5.69 Å². The number of benzene rings is 2. The van der Waals surface area contributed by atoms with Crippen LogP contribution in [0.15, 0.2) is 66.7 Å². The van der Waals surface area contributed by atoms with Gasteiger partial charge in [0, 0.05) is 44.2 Å². The molecule has 0 atom stereocenters. The van der Waals surface area contributed by atoms with Gasteiger partial charge in [-0.25, -0.2) is 4.39 Å². The first-order chi connectivity index (χ1) is 17.6. The van der Waals surface area contributed by atoms with Crippen LogP contribution in [0.3, 0.4) is 0 Å². The van der Waals surface area contributed by atoms with E-state index in [0.29, 0.717) is 32.7 Å². The molecule has 0 N–H and O–H groups in total. The Labute approximate surface area is 210 Å². The summed E-state index contributed by atoms with van der Waals surface area (Å²) < 4.78 is 13.3. The topological polar surface area (TPSA) is 69.6 Å². The van der Waals surface area contributed by atoms with Crippen LogP contribution in [-0.4, -0.2) is 64.5 Å². The second kappa shape index (κ2) is 10.8. The highest BCUT2D eigenvalue weighted by molar-refractivity contribution is 5.86. The number of aromatic nitrogens is 2. The maximum atomic E-state index is 13.3. The smallest absolute Gasteiger partial charge is 0.242 e. The van der Waals surface area contributed by atoms with E-state index in [9.17, 15) is 14.0 Å². The summed E-state index contributed by atoms with van der Waals surface area (Å²) in [6.07, 6.45) is 2.79. The van der Waals surface area contributed by atoms with E-state index >= 15 is 0 Å². The van der Waals surface area contributed by atoms with Gasteiger partial charge in [0.1, 0.15) is 12.4 Å². The Kier molecular flexibility index (Phi) is 7.21. The standard InChI is InChI=1S/C28H30FN5O2/c29-24-11-9-21(10-12-24)19-34(28(36)23-7-4-8-23)20-27(35)33-17-15-32(16-18-33)26-14-13-25(30-31-26)22-5-2-1-3-6-22/h1-3,5-6,9-14,23H,4,7-8,15-20H2. The zero-order valence-electron chi connectivity index (χ0n) is 20.2. The molecule has 1 aliphatic carbocycles. The third kappa shape index (κ3) is 5.53. The molecule has 36 heavy (non-hydrogen) atoms. The van der Waals surface area contributed by atoms with Crippen molar-refractivity contribution in [2.75, 3.05) is 37.6 Å². The van der Waals surface area contributed by atoms with Gasteiger partial charge in [-0.05, 0) is 42.7 Å². The largest absolute Gasteiger partial charge is 0.352 e. The van der Waals surface area contributed by atoms with E-state index in [1.54, 1.807) is 17.0 Å². The Morgan fingerprint density at radius 3 is 2.22 bits per heavy atom. The zero-order chi connectivity index (χ0) is 24.9. The summed E-state index contributed by atoms with van der Waals surface area (Å²) in [7, 11) is 0. The van der Waals surface area contributed by atoms with Crippen LogP contribution in [0.1, 0.15) is 24.8 Å². The molecule has 1 aromatic heterocycles. The van der Waals surface area contributed by atoms with Crippen LogP contribution in [0.5, 0.6) is 0 Å². The van der Waals surface area contributed by atoms with E-state index in [1.807, 2.05) is 47.4 Å². The molecular weight excluding hydrogens is 457 g/mol. The highest BCUT2D eigenvalue weighted by atomic mass is 19.1. The Morgan fingerprint density at radius 1 is 0.889 bits per heavy atom. The number of amides is 2. The quantitative estimate of drug-likeness (QED) is 0.508. The van der Waals surface area contributed by atoms with Crippen molar-refractivity contribution in [3.63, 3.8) is 0 Å². The Morgan fingerprint density at radius 2 is 1.61 bits per heavy atom. The minimum atomic E-state index is -0.316. The number of halogens is 1. The molecule has 5 rings (SSSR count). The first kappa shape index (κ1) is 23.9. The fourth-order valence-corrected chi connectivity index (χ4v) is 4.64. The molecule has 1 aliphatic heterocycles. The van der Waals surface area contributed by atoms with E-state index in [1.165, 1.54) is 12.1 Å². The van der Waals surface area contributed by atoms with E-state index in [2.05, 4.69) is 15.1 Å². The molecule has 0 spiro atoms. The van der Waals surface area contributed by atoms with Crippen LogP contribution in [0.4, 0.5) is 10.2 Å². The van der Waals surface area contributed by atoms with Gasteiger partial charge < -0.3 is 14.7 Å². The summed E-state index contributed by atoms with van der Waals surface area (Å²) in [6.45, 7) is 2.77. The molecule has 1 saturated heterocycles. The SMILES string of the molecule is O=C(CN(Cc1ccc(F)cc1)C(=O)C1CCC1)N1CCN(c2ccc(-c3ccccc3)nn2)CC1. The lowest BCUT2D eigenvalue weighted by Crippen LogP contribution is -2.52. The molecule has 3 aromatic rings. The van der Waals surface area contributed by atoms with Crippen molar-refractivity contribution in [2.24, 2.45) is 5.92 Å². The predicted molar refractivity (Wildman–Crippen MR) is 135 cm³/mol. The summed E-state index contributed by atoms with van der Waals surface area (Å²) in [5.41, 5.74) is 2.67. The van der Waals surface area contributed by atoms with Gasteiger partial charge in [-0.1, -0.05) is 48.9 Å². The lowest BCUT2D eigenvalue weighted by molar-refractivity contribution is -0.145. The van der Waals surface area contributed by atoms with Crippen LogP contribution in [0.25, 0.3) is 11.3 Å². The van der Waals surface area contributed by atoms with Crippen molar-refractivity contribution in [3.8, 4) is 11.3 Å². The summed E-state index contributed by atoms with van der Waals surface area (Å²) >= 11 is 0. The van der Waals surface area contributed by atoms with Crippen LogP contribution < -0.4 is 4.90 Å². The predicted octanol–water partition coefficient (Wildman–Crippen LogP) is 3.76. The maximum Gasteiger partial charge on any atom is 0.242 e. The molecule has 8 heteroatoms. The average molecular weight is 488 g/mol. The Bertz CT molecular complexity index is 1170. The second-order valence-electron chi connectivity index (χ2n) is 9.46. The van der Waals surface area contributed by atoms with Crippen molar-refractivity contribution >= 4 is 17.6 Å². The highest BCUT2D eigenvalue weighted by Crippen LogP contribution is 2.29. The van der Waals surface area contributed by atoms with Gasteiger partial charge in [-0.2, -0.15) is 0 Å². The van der Waals surface area contributed by atoms with Crippen LogP contribution in [0.2, 0.25) is 0 Å². The Balaban J connectivity index is 1.18. The maximum absolute atomic E-state index is 13.3. The number of carbonyl (C=O) groups is 2. The van der Waals surface area contributed by atoms with Gasteiger partial charge in [0.15, 0.2) is 5.82 Å². The van der Waals surface area contributed by atoms with Crippen LogP contribution in [-0.2, 0) is 16.1 Å². The van der Waals surface area contributed by atoms with Crippen molar-refractivity contribution in [2.45, 2.75) is 25.8 Å². The lowest BCUT2D eigenvalue weighted by atomic mass is 9.84. The molecule has 7 nitrogen and oxygen atoms in total. The number of piperazine rings is 1. The van der Waals surface area contributed by atoms with Gasteiger partial charge in [-0.15, -0.1) is 10.2 Å². The van der Waals surface area contributed by atoms with E-state index in [4.69, 9.17) is 0 Å². The number of hydrogen-bond donors (Lipinski definition) is 0. The summed E-state index contributed by atoms with van der Waals surface area (Å²) in [5.74, 6) is 0.428. The molecule has 2 aromatic carbocycles. The van der Waals surface area contributed by atoms with E-state index < -0.39 is 0 Å². The number of rotatable bonds is 7. The fourth-order valence-electron chi connectivity index (χ4n) is 4.64. The van der Waals surface area contributed by atoms with Crippen LogP contribution in [0, 0.1) is 11.7 Å². The third-order valence-electron chi connectivity index (χ3n) is 7.06. The van der Waals surface area contributed by atoms with Crippen molar-refractivity contribution in [1.29, 1.82) is 0 Å². The van der Waals surface area contributed by atoms with E-state index in [-0.39, 0.29) is 30.1 Å². The van der Waals surface area contributed by atoms with Crippen molar-refractivity contribution in [3.05, 3.63) is 78.1 Å². The third-order valence-corrected chi connectivity index (χ3v) is 7.06. The molecule has 0 radical (unpaired) electrons. The molecule has 2 fully saturated rings. The number of nitrogens with zero attached hydrogens (tertiary/aromatic N) is 5. The van der Waals surface area contributed by atoms with Gasteiger partial charge in [-0.3, -0.25) is 9.59 Å². The van der Waals surface area contributed by atoms with Crippen molar-refractivity contribution in [1.82, 2.24) is 20.0 Å². The monoisotopic (exact) mass is 487 g/mol. The number of hydrogen-bond acceptors (Lipinski definition) is 5. The highest BCUT2D eigenvalue weighted by Gasteiger charge is 2.32. The first-order valence-corrected chi connectivity index (χ1v) is 12.5. The summed E-state index contributed by atoms with van der Waals surface area (Å²) in [5, 5.41) is 8.77.